The Kier molecular flexibility index (Phi) is 2.73. The van der Waals surface area contributed by atoms with Gasteiger partial charge < -0.3 is 5.32 Å². The Bertz CT molecular complexity index is 672. The number of amides is 1. The zero-order valence-electron chi connectivity index (χ0n) is 9.66. The number of hydrogen-bond donors (Lipinski definition) is 1. The maximum atomic E-state index is 12.0. The van der Waals surface area contributed by atoms with Gasteiger partial charge in [-0.15, -0.1) is 11.3 Å². The molecular weight excluding hydrogens is 266 g/mol. The van der Waals surface area contributed by atoms with Crippen LogP contribution in [-0.4, -0.2) is 5.91 Å². The Morgan fingerprint density at radius 1 is 1.33 bits per heavy atom. The first-order chi connectivity index (χ1) is 8.65. The van der Waals surface area contributed by atoms with E-state index >= 15 is 0 Å². The fraction of sp³-hybridized carbons (Fsp3) is 0.0714. The highest BCUT2D eigenvalue weighted by Crippen LogP contribution is 2.35. The normalized spacial score (nSPS) is 15.9. The molecule has 0 aliphatic carbocycles. The van der Waals surface area contributed by atoms with Crippen LogP contribution < -0.4 is 5.32 Å². The summed E-state index contributed by atoms with van der Waals surface area (Å²) in [7, 11) is 0. The van der Waals surface area contributed by atoms with Crippen LogP contribution in [0.3, 0.4) is 0 Å². The van der Waals surface area contributed by atoms with Crippen LogP contribution >= 0.6 is 22.9 Å². The summed E-state index contributed by atoms with van der Waals surface area (Å²) in [6, 6.07) is 7.48. The Balaban J connectivity index is 2.14. The van der Waals surface area contributed by atoms with Gasteiger partial charge in [-0.05, 0) is 48.2 Å². The molecule has 3 rings (SSSR count). The molecule has 4 heteroatoms. The molecule has 0 atom stereocenters. The van der Waals surface area contributed by atoms with E-state index in [2.05, 4.69) is 5.32 Å². The molecule has 2 nitrogen and oxygen atoms in total. The van der Waals surface area contributed by atoms with Crippen molar-refractivity contribution in [3.05, 3.63) is 50.7 Å². The minimum absolute atomic E-state index is 0.0694. The first-order valence-corrected chi connectivity index (χ1v) is 6.78. The van der Waals surface area contributed by atoms with E-state index in [1.54, 1.807) is 17.4 Å². The van der Waals surface area contributed by atoms with Crippen LogP contribution in [-0.2, 0) is 4.79 Å². The lowest BCUT2D eigenvalue weighted by Crippen LogP contribution is -2.03. The zero-order chi connectivity index (χ0) is 12.7. The molecule has 0 spiro atoms. The summed E-state index contributed by atoms with van der Waals surface area (Å²) in [5, 5.41) is 5.50. The quantitative estimate of drug-likeness (QED) is 0.777. The molecule has 1 N–H and O–H groups in total. The summed E-state index contributed by atoms with van der Waals surface area (Å²) < 4.78 is 0. The van der Waals surface area contributed by atoms with Crippen molar-refractivity contribution in [1.82, 2.24) is 0 Å². The molecule has 0 unspecified atom stereocenters. The number of thiophene rings is 1. The second kappa shape index (κ2) is 4.26. The van der Waals surface area contributed by atoms with E-state index in [1.165, 1.54) is 5.56 Å². The molecule has 1 aliphatic heterocycles. The predicted molar refractivity (Wildman–Crippen MR) is 77.0 cm³/mol. The Hall–Kier alpha value is -1.58. The summed E-state index contributed by atoms with van der Waals surface area (Å²) in [6.07, 6.45) is 1.93. The first-order valence-electron chi connectivity index (χ1n) is 5.52. The van der Waals surface area contributed by atoms with E-state index in [4.69, 9.17) is 11.6 Å². The minimum Gasteiger partial charge on any atom is -0.321 e. The van der Waals surface area contributed by atoms with Crippen molar-refractivity contribution >= 4 is 46.2 Å². The van der Waals surface area contributed by atoms with Gasteiger partial charge in [0.05, 0.1) is 5.57 Å². The number of halogens is 1. The lowest BCUT2D eigenvalue weighted by atomic mass is 10.1. The van der Waals surface area contributed by atoms with Crippen molar-refractivity contribution in [3.8, 4) is 0 Å². The van der Waals surface area contributed by atoms with Crippen molar-refractivity contribution in [2.45, 2.75) is 6.92 Å². The topological polar surface area (TPSA) is 29.1 Å². The third kappa shape index (κ3) is 1.85. The van der Waals surface area contributed by atoms with Crippen LogP contribution in [0.5, 0.6) is 0 Å². The SMILES string of the molecule is Cc1ccsc1/C=C1\C(=O)Nc2ccc(Cl)cc21. The van der Waals surface area contributed by atoms with E-state index in [-0.39, 0.29) is 5.91 Å². The van der Waals surface area contributed by atoms with Crippen molar-refractivity contribution in [3.63, 3.8) is 0 Å². The number of fused-ring (bicyclic) bond motifs is 1. The van der Waals surface area contributed by atoms with E-state index in [9.17, 15) is 4.79 Å². The maximum Gasteiger partial charge on any atom is 0.256 e. The highest BCUT2D eigenvalue weighted by atomic mass is 35.5. The van der Waals surface area contributed by atoms with Gasteiger partial charge in [-0.3, -0.25) is 4.79 Å². The van der Waals surface area contributed by atoms with E-state index in [0.717, 1.165) is 16.1 Å². The molecule has 1 aromatic carbocycles. The van der Waals surface area contributed by atoms with Gasteiger partial charge in [0.25, 0.3) is 5.91 Å². The standard InChI is InChI=1S/C14H10ClNOS/c1-8-4-5-18-13(8)7-11-10-6-9(15)2-3-12(10)16-14(11)17/h2-7H,1H3,(H,16,17)/b11-7-. The molecule has 0 fully saturated rings. The molecule has 0 saturated heterocycles. The molecule has 0 radical (unpaired) electrons. The molecule has 2 aromatic rings. The molecule has 1 amide bonds. The van der Waals surface area contributed by atoms with Gasteiger partial charge in [0.1, 0.15) is 0 Å². The first kappa shape index (κ1) is 11.5. The average molecular weight is 276 g/mol. The van der Waals surface area contributed by atoms with Crippen LogP contribution in [0.4, 0.5) is 5.69 Å². The van der Waals surface area contributed by atoms with Crippen molar-refractivity contribution in [2.24, 2.45) is 0 Å². The molecule has 2 heterocycles. The van der Waals surface area contributed by atoms with E-state index in [1.807, 2.05) is 36.6 Å². The highest BCUT2D eigenvalue weighted by molar-refractivity contribution is 7.11. The number of anilines is 1. The predicted octanol–water partition coefficient (Wildman–Crippen LogP) is 4.20. The van der Waals surface area contributed by atoms with E-state index < -0.39 is 0 Å². The molecule has 1 aliphatic rings. The number of hydrogen-bond acceptors (Lipinski definition) is 2. The second-order valence-electron chi connectivity index (χ2n) is 4.17. The van der Waals surface area contributed by atoms with Crippen molar-refractivity contribution in [1.29, 1.82) is 0 Å². The number of benzene rings is 1. The van der Waals surface area contributed by atoms with Crippen LogP contribution in [0.1, 0.15) is 16.0 Å². The summed E-state index contributed by atoms with van der Waals surface area (Å²) in [5.41, 5.74) is 3.55. The number of carbonyl (C=O) groups excluding carboxylic acids is 1. The molecule has 1 aromatic heterocycles. The molecule has 0 bridgehead atoms. The number of carbonyl (C=O) groups is 1. The van der Waals surface area contributed by atoms with Gasteiger partial charge in [-0.2, -0.15) is 0 Å². The molecular formula is C14H10ClNOS. The van der Waals surface area contributed by atoms with Crippen molar-refractivity contribution < 1.29 is 4.79 Å². The average Bonchev–Trinajstić information content (AvgIpc) is 2.86. The number of rotatable bonds is 1. The van der Waals surface area contributed by atoms with Gasteiger partial charge in [0, 0.05) is 21.2 Å². The number of nitrogens with one attached hydrogen (secondary N) is 1. The minimum atomic E-state index is -0.0694. The Morgan fingerprint density at radius 3 is 2.89 bits per heavy atom. The lowest BCUT2D eigenvalue weighted by molar-refractivity contribution is -0.110. The van der Waals surface area contributed by atoms with Gasteiger partial charge in [-0.25, -0.2) is 0 Å². The largest absolute Gasteiger partial charge is 0.321 e. The van der Waals surface area contributed by atoms with Crippen molar-refractivity contribution in [2.75, 3.05) is 5.32 Å². The van der Waals surface area contributed by atoms with Crippen LogP contribution in [0.25, 0.3) is 11.6 Å². The van der Waals surface area contributed by atoms with Gasteiger partial charge in [-0.1, -0.05) is 11.6 Å². The fourth-order valence-electron chi connectivity index (χ4n) is 1.97. The third-order valence-corrected chi connectivity index (χ3v) is 4.14. The number of aryl methyl sites for hydroxylation is 1. The summed E-state index contributed by atoms with van der Waals surface area (Å²) in [4.78, 5) is 13.1. The molecule has 18 heavy (non-hydrogen) atoms. The van der Waals surface area contributed by atoms with Gasteiger partial charge in [0.15, 0.2) is 0 Å². The smallest absolute Gasteiger partial charge is 0.256 e. The monoisotopic (exact) mass is 275 g/mol. The van der Waals surface area contributed by atoms with E-state index in [0.29, 0.717) is 10.6 Å². The summed E-state index contributed by atoms with van der Waals surface area (Å²) >= 11 is 7.61. The summed E-state index contributed by atoms with van der Waals surface area (Å²) in [6.45, 7) is 2.04. The Morgan fingerprint density at radius 2 is 2.17 bits per heavy atom. The molecule has 0 saturated carbocycles. The lowest BCUT2D eigenvalue weighted by Gasteiger charge is -1.99. The summed E-state index contributed by atoms with van der Waals surface area (Å²) in [5.74, 6) is -0.0694. The highest BCUT2D eigenvalue weighted by Gasteiger charge is 2.24. The maximum absolute atomic E-state index is 12.0. The second-order valence-corrected chi connectivity index (χ2v) is 5.55. The van der Waals surface area contributed by atoms with Gasteiger partial charge in [0.2, 0.25) is 0 Å². The van der Waals surface area contributed by atoms with Crippen LogP contribution in [0.15, 0.2) is 29.6 Å². The Labute approximate surface area is 114 Å². The van der Waals surface area contributed by atoms with Gasteiger partial charge >= 0.3 is 0 Å². The zero-order valence-corrected chi connectivity index (χ0v) is 11.2. The van der Waals surface area contributed by atoms with Crippen LogP contribution in [0, 0.1) is 6.92 Å². The fourth-order valence-corrected chi connectivity index (χ4v) is 3.00. The molecule has 90 valence electrons. The van der Waals surface area contributed by atoms with Crippen LogP contribution in [0.2, 0.25) is 5.02 Å². The third-order valence-electron chi connectivity index (χ3n) is 2.94.